The van der Waals surface area contributed by atoms with Crippen molar-refractivity contribution in [2.24, 2.45) is 0 Å². The van der Waals surface area contributed by atoms with Gasteiger partial charge in [-0.2, -0.15) is 0 Å². The second-order valence-electron chi connectivity index (χ2n) is 5.15. The van der Waals surface area contributed by atoms with Gasteiger partial charge in [0, 0.05) is 12.1 Å². The molecule has 1 aliphatic rings. The van der Waals surface area contributed by atoms with Crippen LogP contribution in [0.25, 0.3) is 0 Å². The summed E-state index contributed by atoms with van der Waals surface area (Å²) >= 11 is 0. The van der Waals surface area contributed by atoms with E-state index >= 15 is 0 Å². The molecule has 1 saturated carbocycles. The predicted octanol–water partition coefficient (Wildman–Crippen LogP) is 0.748. The highest BCUT2D eigenvalue weighted by atomic mass is 32.2. The summed E-state index contributed by atoms with van der Waals surface area (Å²) in [4.78, 5) is 12.0. The Morgan fingerprint density at radius 1 is 1.32 bits per heavy atom. The van der Waals surface area contributed by atoms with Gasteiger partial charge in [0.25, 0.3) is 0 Å². The van der Waals surface area contributed by atoms with E-state index in [1.54, 1.807) is 12.1 Å². The molecule has 0 radical (unpaired) electrons. The molecule has 8 heteroatoms. The molecule has 1 fully saturated rings. The number of benzene rings is 1. The van der Waals surface area contributed by atoms with Gasteiger partial charge in [-0.3, -0.25) is 9.10 Å². The molecular formula is C14H20N2O5S. The molecule has 1 aliphatic carbocycles. The molecule has 0 saturated heterocycles. The average molecular weight is 328 g/mol. The number of carbonyl (C=O) groups is 1. The second kappa shape index (κ2) is 6.43. The van der Waals surface area contributed by atoms with Crippen molar-refractivity contribution in [2.75, 3.05) is 31.3 Å². The number of rotatable bonds is 7. The zero-order valence-electron chi connectivity index (χ0n) is 12.8. The lowest BCUT2D eigenvalue weighted by atomic mass is 10.2. The summed E-state index contributed by atoms with van der Waals surface area (Å²) in [5.41, 5.74) is 0.273. The number of nitrogens with zero attached hydrogens (tertiary/aromatic N) is 1. The molecule has 7 nitrogen and oxygen atoms in total. The average Bonchev–Trinajstić information content (AvgIpc) is 3.26. The summed E-state index contributed by atoms with van der Waals surface area (Å²) in [6.07, 6.45) is 2.93. The van der Waals surface area contributed by atoms with Crippen molar-refractivity contribution >= 4 is 21.6 Å². The van der Waals surface area contributed by atoms with Gasteiger partial charge in [-0.15, -0.1) is 0 Å². The fourth-order valence-electron chi connectivity index (χ4n) is 2.00. The number of anilines is 1. The zero-order chi connectivity index (χ0) is 16.3. The number of hydrogen-bond donors (Lipinski definition) is 1. The summed E-state index contributed by atoms with van der Waals surface area (Å²) in [6.45, 7) is -0.293. The Morgan fingerprint density at radius 3 is 2.50 bits per heavy atom. The lowest BCUT2D eigenvalue weighted by Crippen LogP contribution is -2.41. The summed E-state index contributed by atoms with van der Waals surface area (Å²) < 4.78 is 35.5. The van der Waals surface area contributed by atoms with E-state index in [0.29, 0.717) is 11.5 Å². The lowest BCUT2D eigenvalue weighted by Gasteiger charge is -2.24. The van der Waals surface area contributed by atoms with Gasteiger partial charge in [-0.05, 0) is 25.0 Å². The highest BCUT2D eigenvalue weighted by Crippen LogP contribution is 2.33. The van der Waals surface area contributed by atoms with Crippen LogP contribution in [0.15, 0.2) is 18.2 Å². The summed E-state index contributed by atoms with van der Waals surface area (Å²) in [6, 6.07) is 4.96. The highest BCUT2D eigenvalue weighted by molar-refractivity contribution is 7.92. The molecule has 1 aromatic rings. The van der Waals surface area contributed by atoms with Gasteiger partial charge in [0.2, 0.25) is 15.9 Å². The van der Waals surface area contributed by atoms with Crippen molar-refractivity contribution in [1.82, 2.24) is 5.32 Å². The van der Waals surface area contributed by atoms with Crippen molar-refractivity contribution in [2.45, 2.75) is 18.9 Å². The van der Waals surface area contributed by atoms with Crippen LogP contribution in [-0.4, -0.2) is 47.4 Å². The summed E-state index contributed by atoms with van der Waals surface area (Å²) in [5.74, 6) is 0.496. The molecule has 0 bridgehead atoms. The van der Waals surface area contributed by atoms with E-state index in [4.69, 9.17) is 9.47 Å². The third-order valence-corrected chi connectivity index (χ3v) is 4.41. The normalized spacial score (nSPS) is 14.3. The van der Waals surface area contributed by atoms with E-state index in [1.165, 1.54) is 20.3 Å². The lowest BCUT2D eigenvalue weighted by molar-refractivity contribution is -0.119. The molecule has 0 atom stereocenters. The molecule has 0 unspecified atom stereocenters. The number of amides is 1. The van der Waals surface area contributed by atoms with Crippen molar-refractivity contribution in [3.05, 3.63) is 18.2 Å². The number of sulfonamides is 1. The first kappa shape index (κ1) is 16.4. The maximum absolute atomic E-state index is 12.1. The molecule has 0 aromatic heterocycles. The van der Waals surface area contributed by atoms with Crippen LogP contribution < -0.4 is 19.1 Å². The first-order chi connectivity index (χ1) is 10.3. The predicted molar refractivity (Wildman–Crippen MR) is 82.9 cm³/mol. The maximum atomic E-state index is 12.1. The number of nitrogens with one attached hydrogen (secondary N) is 1. The molecule has 22 heavy (non-hydrogen) atoms. The summed E-state index contributed by atoms with van der Waals surface area (Å²) in [5, 5.41) is 2.78. The van der Waals surface area contributed by atoms with E-state index < -0.39 is 10.0 Å². The standard InChI is InChI=1S/C14H20N2O5S/c1-20-11-6-7-13(21-2)12(8-11)16(22(3,18)19)9-14(17)15-10-4-5-10/h6-8,10H,4-5,9H2,1-3H3,(H,15,17). The van der Waals surface area contributed by atoms with Gasteiger partial charge in [-0.1, -0.05) is 0 Å². The molecule has 1 amide bonds. The third-order valence-electron chi connectivity index (χ3n) is 3.28. The number of methoxy groups -OCH3 is 2. The van der Waals surface area contributed by atoms with Crippen molar-refractivity contribution in [1.29, 1.82) is 0 Å². The minimum absolute atomic E-state index is 0.168. The van der Waals surface area contributed by atoms with Gasteiger partial charge in [0.15, 0.2) is 0 Å². The van der Waals surface area contributed by atoms with Crippen LogP contribution in [0, 0.1) is 0 Å². The monoisotopic (exact) mass is 328 g/mol. The van der Waals surface area contributed by atoms with Crippen LogP contribution in [-0.2, 0) is 14.8 Å². The van der Waals surface area contributed by atoms with Gasteiger partial charge in [-0.25, -0.2) is 8.42 Å². The topological polar surface area (TPSA) is 84.9 Å². The molecule has 1 N–H and O–H groups in total. The quantitative estimate of drug-likeness (QED) is 0.798. The zero-order valence-corrected chi connectivity index (χ0v) is 13.6. The Bertz CT molecular complexity index is 655. The minimum Gasteiger partial charge on any atom is -0.497 e. The van der Waals surface area contributed by atoms with E-state index in [-0.39, 0.29) is 24.2 Å². The molecular weight excluding hydrogens is 308 g/mol. The van der Waals surface area contributed by atoms with Crippen molar-refractivity contribution < 1.29 is 22.7 Å². The first-order valence-corrected chi connectivity index (χ1v) is 8.69. The molecule has 122 valence electrons. The third kappa shape index (κ3) is 4.03. The van der Waals surface area contributed by atoms with Crippen LogP contribution >= 0.6 is 0 Å². The Hall–Kier alpha value is -1.96. The number of hydrogen-bond acceptors (Lipinski definition) is 5. The van der Waals surface area contributed by atoms with Crippen molar-refractivity contribution in [3.63, 3.8) is 0 Å². The Labute approximate surface area is 130 Å². The second-order valence-corrected chi connectivity index (χ2v) is 7.06. The summed E-state index contributed by atoms with van der Waals surface area (Å²) in [7, 11) is -0.726. The fourth-order valence-corrected chi connectivity index (χ4v) is 2.86. The van der Waals surface area contributed by atoms with Crippen LogP contribution in [0.1, 0.15) is 12.8 Å². The van der Waals surface area contributed by atoms with Crippen LogP contribution in [0.3, 0.4) is 0 Å². The van der Waals surface area contributed by atoms with Gasteiger partial charge >= 0.3 is 0 Å². The van der Waals surface area contributed by atoms with Crippen LogP contribution in [0.5, 0.6) is 11.5 Å². The maximum Gasteiger partial charge on any atom is 0.240 e. The van der Waals surface area contributed by atoms with E-state index in [0.717, 1.165) is 23.4 Å². The van der Waals surface area contributed by atoms with E-state index in [9.17, 15) is 13.2 Å². The van der Waals surface area contributed by atoms with E-state index in [2.05, 4.69) is 5.32 Å². The van der Waals surface area contributed by atoms with Gasteiger partial charge in [0.05, 0.1) is 26.2 Å². The Kier molecular flexibility index (Phi) is 4.80. The smallest absolute Gasteiger partial charge is 0.240 e. The Morgan fingerprint density at radius 2 is 2.00 bits per heavy atom. The fraction of sp³-hybridized carbons (Fsp3) is 0.500. The number of ether oxygens (including phenoxy) is 2. The van der Waals surface area contributed by atoms with Gasteiger partial charge in [0.1, 0.15) is 18.0 Å². The highest BCUT2D eigenvalue weighted by Gasteiger charge is 2.28. The molecule has 0 aliphatic heterocycles. The largest absolute Gasteiger partial charge is 0.497 e. The Balaban J connectivity index is 2.33. The molecule has 0 spiro atoms. The van der Waals surface area contributed by atoms with E-state index in [1.807, 2.05) is 0 Å². The van der Waals surface area contributed by atoms with Gasteiger partial charge < -0.3 is 14.8 Å². The molecule has 2 rings (SSSR count). The van der Waals surface area contributed by atoms with Crippen LogP contribution in [0.4, 0.5) is 5.69 Å². The molecule has 0 heterocycles. The molecule has 1 aromatic carbocycles. The van der Waals surface area contributed by atoms with Crippen molar-refractivity contribution in [3.8, 4) is 11.5 Å². The SMILES string of the molecule is COc1ccc(OC)c(N(CC(=O)NC2CC2)S(C)(=O)=O)c1. The number of carbonyl (C=O) groups excluding carboxylic acids is 1. The minimum atomic E-state index is -3.65. The van der Waals surface area contributed by atoms with Crippen LogP contribution in [0.2, 0.25) is 0 Å². The first-order valence-electron chi connectivity index (χ1n) is 6.84.